The number of carbonyl (C=O) groups excluding carboxylic acids is 2. The first-order chi connectivity index (χ1) is 7.81. The Morgan fingerprint density at radius 1 is 1.47 bits per heavy atom. The molecule has 1 fully saturated rings. The molecule has 1 atom stereocenters. The average Bonchev–Trinajstić information content (AvgIpc) is 2.25. The summed E-state index contributed by atoms with van der Waals surface area (Å²) < 4.78 is 10.5. The Hall–Kier alpha value is -1.14. The van der Waals surface area contributed by atoms with Gasteiger partial charge in [0.15, 0.2) is 0 Å². The lowest BCUT2D eigenvalue weighted by atomic mass is 10.2. The maximum absolute atomic E-state index is 11.9. The van der Waals surface area contributed by atoms with Crippen molar-refractivity contribution in [3.63, 3.8) is 0 Å². The first-order valence-electron chi connectivity index (χ1n) is 5.62. The van der Waals surface area contributed by atoms with Gasteiger partial charge in [-0.3, -0.25) is 9.59 Å². The van der Waals surface area contributed by atoms with Crippen LogP contribution in [0.2, 0.25) is 0 Å². The summed E-state index contributed by atoms with van der Waals surface area (Å²) in [5.41, 5.74) is 4.84. The van der Waals surface area contributed by atoms with E-state index in [2.05, 4.69) is 0 Å². The summed E-state index contributed by atoms with van der Waals surface area (Å²) in [5.74, 6) is -0.777. The summed E-state index contributed by atoms with van der Waals surface area (Å²) in [6.45, 7) is 6.51. The third-order valence-electron chi connectivity index (χ3n) is 2.41. The highest BCUT2D eigenvalue weighted by Gasteiger charge is 2.31. The van der Waals surface area contributed by atoms with Crippen LogP contribution in [0.15, 0.2) is 0 Å². The van der Waals surface area contributed by atoms with E-state index in [4.69, 9.17) is 15.2 Å². The van der Waals surface area contributed by atoms with E-state index in [1.165, 1.54) is 4.90 Å². The molecule has 2 amide bonds. The number of amides is 2. The second-order valence-corrected chi connectivity index (χ2v) is 4.98. The van der Waals surface area contributed by atoms with Gasteiger partial charge in [0.2, 0.25) is 11.8 Å². The van der Waals surface area contributed by atoms with Gasteiger partial charge in [-0.1, -0.05) is 0 Å². The number of hydrogen-bond donors (Lipinski definition) is 1. The molecule has 98 valence electrons. The minimum absolute atomic E-state index is 0.0483. The van der Waals surface area contributed by atoms with Gasteiger partial charge in [0.25, 0.3) is 0 Å². The van der Waals surface area contributed by atoms with E-state index < -0.39 is 11.9 Å². The van der Waals surface area contributed by atoms with Gasteiger partial charge in [0.05, 0.1) is 18.8 Å². The van der Waals surface area contributed by atoms with Crippen LogP contribution in [-0.4, -0.2) is 54.7 Å². The normalized spacial score (nSPS) is 21.4. The molecule has 1 aliphatic rings. The Bertz CT molecular complexity index is 298. The van der Waals surface area contributed by atoms with Crippen LogP contribution in [0.5, 0.6) is 0 Å². The van der Waals surface area contributed by atoms with Crippen molar-refractivity contribution in [2.45, 2.75) is 32.4 Å². The van der Waals surface area contributed by atoms with Crippen molar-refractivity contribution in [1.29, 1.82) is 0 Å². The molecule has 1 aliphatic heterocycles. The molecule has 0 aromatic rings. The number of carbonyl (C=O) groups is 2. The van der Waals surface area contributed by atoms with Crippen molar-refractivity contribution >= 4 is 11.8 Å². The average molecular weight is 244 g/mol. The van der Waals surface area contributed by atoms with Crippen molar-refractivity contribution in [3.8, 4) is 0 Å². The van der Waals surface area contributed by atoms with Gasteiger partial charge in [-0.2, -0.15) is 0 Å². The van der Waals surface area contributed by atoms with Crippen LogP contribution in [0, 0.1) is 0 Å². The summed E-state index contributed by atoms with van der Waals surface area (Å²) in [6, 6.07) is -0.681. The number of hydrogen-bond acceptors (Lipinski definition) is 4. The molecule has 0 radical (unpaired) electrons. The van der Waals surface area contributed by atoms with Gasteiger partial charge >= 0.3 is 0 Å². The maximum Gasteiger partial charge on any atom is 0.249 e. The van der Waals surface area contributed by atoms with E-state index in [0.29, 0.717) is 13.2 Å². The van der Waals surface area contributed by atoms with Crippen LogP contribution < -0.4 is 5.73 Å². The fourth-order valence-corrected chi connectivity index (χ4v) is 1.50. The molecule has 0 saturated carbocycles. The second kappa shape index (κ2) is 5.46. The summed E-state index contributed by atoms with van der Waals surface area (Å²) in [5, 5.41) is 0. The molecule has 1 rings (SSSR count). The molecule has 1 heterocycles. The Balaban J connectivity index is 2.56. The highest BCUT2D eigenvalue weighted by molar-refractivity contribution is 5.87. The molecule has 1 unspecified atom stereocenters. The van der Waals surface area contributed by atoms with E-state index in [9.17, 15) is 9.59 Å². The Labute approximate surface area is 101 Å². The largest absolute Gasteiger partial charge is 0.377 e. The van der Waals surface area contributed by atoms with Gasteiger partial charge < -0.3 is 20.1 Å². The predicted molar refractivity (Wildman–Crippen MR) is 61.2 cm³/mol. The van der Waals surface area contributed by atoms with E-state index in [-0.39, 0.29) is 24.7 Å². The molecule has 0 spiro atoms. The van der Waals surface area contributed by atoms with Crippen molar-refractivity contribution in [2.75, 3.05) is 26.4 Å². The van der Waals surface area contributed by atoms with Crippen molar-refractivity contribution in [2.24, 2.45) is 5.73 Å². The monoisotopic (exact) mass is 244 g/mol. The molecular weight excluding hydrogens is 224 g/mol. The first-order valence-corrected chi connectivity index (χ1v) is 5.62. The standard InChI is InChI=1S/C11H20N2O4/c1-11(2,3)17-7-9(14)13-4-5-16-6-8(13)10(12)15/h8H,4-7H2,1-3H3,(H2,12,15). The lowest BCUT2D eigenvalue weighted by Crippen LogP contribution is -2.55. The minimum atomic E-state index is -0.681. The molecule has 0 aliphatic carbocycles. The Kier molecular flexibility index (Phi) is 4.47. The fourth-order valence-electron chi connectivity index (χ4n) is 1.50. The molecule has 1 saturated heterocycles. The van der Waals surface area contributed by atoms with E-state index in [1.807, 2.05) is 20.8 Å². The molecule has 0 aromatic heterocycles. The lowest BCUT2D eigenvalue weighted by Gasteiger charge is -2.34. The quantitative estimate of drug-likeness (QED) is 0.726. The van der Waals surface area contributed by atoms with E-state index >= 15 is 0 Å². The molecule has 2 N–H and O–H groups in total. The topological polar surface area (TPSA) is 81.9 Å². The maximum atomic E-state index is 11.9. The lowest BCUT2D eigenvalue weighted by molar-refractivity contribution is -0.154. The summed E-state index contributed by atoms with van der Waals surface area (Å²) in [7, 11) is 0. The number of primary amides is 1. The molecule has 0 bridgehead atoms. The van der Waals surface area contributed by atoms with Crippen LogP contribution in [0.4, 0.5) is 0 Å². The molecule has 17 heavy (non-hydrogen) atoms. The highest BCUT2D eigenvalue weighted by Crippen LogP contribution is 2.10. The zero-order valence-corrected chi connectivity index (χ0v) is 10.6. The Morgan fingerprint density at radius 2 is 2.12 bits per heavy atom. The minimum Gasteiger partial charge on any atom is -0.377 e. The number of nitrogens with zero attached hydrogens (tertiary/aromatic N) is 1. The predicted octanol–water partition coefficient (Wildman–Crippen LogP) is -0.486. The SMILES string of the molecule is CC(C)(C)OCC(=O)N1CCOCC1C(N)=O. The van der Waals surface area contributed by atoms with Crippen molar-refractivity contribution in [1.82, 2.24) is 4.90 Å². The number of morpholine rings is 1. The summed E-state index contributed by atoms with van der Waals surface area (Å²) >= 11 is 0. The fraction of sp³-hybridized carbons (Fsp3) is 0.818. The third kappa shape index (κ3) is 4.32. The second-order valence-electron chi connectivity index (χ2n) is 4.98. The van der Waals surface area contributed by atoms with E-state index in [0.717, 1.165) is 0 Å². The zero-order valence-electron chi connectivity index (χ0n) is 10.6. The van der Waals surface area contributed by atoms with Crippen molar-refractivity contribution < 1.29 is 19.1 Å². The van der Waals surface area contributed by atoms with Gasteiger partial charge in [0.1, 0.15) is 12.6 Å². The molecule has 6 nitrogen and oxygen atoms in total. The number of rotatable bonds is 3. The van der Waals surface area contributed by atoms with Crippen LogP contribution in [-0.2, 0) is 19.1 Å². The number of nitrogens with two attached hydrogens (primary N) is 1. The van der Waals surface area contributed by atoms with Crippen molar-refractivity contribution in [3.05, 3.63) is 0 Å². The van der Waals surface area contributed by atoms with Crippen LogP contribution >= 0.6 is 0 Å². The summed E-state index contributed by atoms with van der Waals surface area (Å²) in [4.78, 5) is 24.5. The van der Waals surface area contributed by atoms with Gasteiger partial charge in [0, 0.05) is 6.54 Å². The smallest absolute Gasteiger partial charge is 0.249 e. The Morgan fingerprint density at radius 3 is 2.65 bits per heavy atom. The van der Waals surface area contributed by atoms with Crippen LogP contribution in [0.25, 0.3) is 0 Å². The molecular formula is C11H20N2O4. The summed E-state index contributed by atoms with van der Waals surface area (Å²) in [6.07, 6.45) is 0. The van der Waals surface area contributed by atoms with Gasteiger partial charge in [-0.25, -0.2) is 0 Å². The third-order valence-corrected chi connectivity index (χ3v) is 2.41. The zero-order chi connectivity index (χ0) is 13.1. The van der Waals surface area contributed by atoms with Crippen LogP contribution in [0.3, 0.4) is 0 Å². The van der Waals surface area contributed by atoms with Gasteiger partial charge in [-0.05, 0) is 20.8 Å². The molecule has 6 heteroatoms. The highest BCUT2D eigenvalue weighted by atomic mass is 16.5. The van der Waals surface area contributed by atoms with Crippen LogP contribution in [0.1, 0.15) is 20.8 Å². The number of ether oxygens (including phenoxy) is 2. The van der Waals surface area contributed by atoms with E-state index in [1.54, 1.807) is 0 Å². The van der Waals surface area contributed by atoms with Gasteiger partial charge in [-0.15, -0.1) is 0 Å². The first kappa shape index (κ1) is 13.9. The molecule has 0 aromatic carbocycles.